The van der Waals surface area contributed by atoms with Crippen LogP contribution in [0.2, 0.25) is 0 Å². The van der Waals surface area contributed by atoms with Crippen molar-refractivity contribution in [2.45, 2.75) is 76.0 Å². The fourth-order valence-electron chi connectivity index (χ4n) is 7.05. The highest BCUT2D eigenvalue weighted by atomic mass is 19.3. The summed E-state index contributed by atoms with van der Waals surface area (Å²) in [7, 11) is 0. The smallest absolute Gasteiger partial charge is 0.297 e. The molecule has 17 heteroatoms. The van der Waals surface area contributed by atoms with Gasteiger partial charge in [0.1, 0.15) is 40.9 Å². The molecule has 0 aliphatic heterocycles. The summed E-state index contributed by atoms with van der Waals surface area (Å²) in [6.07, 6.45) is -4.83. The molecular weight excluding hydrogens is 714 g/mol. The van der Waals surface area contributed by atoms with Crippen LogP contribution in [0.25, 0.3) is 16.8 Å². The van der Waals surface area contributed by atoms with Gasteiger partial charge in [-0.2, -0.15) is 13.9 Å². The van der Waals surface area contributed by atoms with E-state index in [1.54, 1.807) is 0 Å². The molecule has 0 unspecified atom stereocenters. The maximum absolute atomic E-state index is 15.5. The zero-order valence-electron chi connectivity index (χ0n) is 27.9. The molecule has 276 valence electrons. The Labute approximate surface area is 296 Å². The Morgan fingerprint density at radius 2 is 1.75 bits per heavy atom. The summed E-state index contributed by atoms with van der Waals surface area (Å²) in [6, 6.07) is 7.17. The quantitative estimate of drug-likeness (QED) is 0.125. The number of nitrogens with one attached hydrogen (secondary N) is 1. The molecule has 53 heavy (non-hydrogen) atoms. The van der Waals surface area contributed by atoms with Gasteiger partial charge >= 0.3 is 0 Å². The van der Waals surface area contributed by atoms with Gasteiger partial charge in [-0.15, -0.1) is 10.2 Å². The lowest BCUT2D eigenvalue weighted by Crippen LogP contribution is -2.36. The zero-order chi connectivity index (χ0) is 38.0. The molecule has 5 aromatic rings. The Hall–Kier alpha value is -5.37. The second kappa shape index (κ2) is 13.2. The Balaban J connectivity index is 1.35. The Morgan fingerprint density at radius 1 is 1.02 bits per heavy atom. The molecule has 2 aliphatic rings. The van der Waals surface area contributed by atoms with E-state index in [9.17, 15) is 36.2 Å². The fraction of sp³-hybridized carbons (Fsp3) is 0.361. The van der Waals surface area contributed by atoms with Crippen LogP contribution in [0.4, 0.5) is 35.1 Å². The molecule has 3 atom stereocenters. The van der Waals surface area contributed by atoms with Crippen molar-refractivity contribution in [2.24, 2.45) is 5.92 Å². The van der Waals surface area contributed by atoms with E-state index < -0.39 is 83.6 Å². The average Bonchev–Trinajstić information content (AvgIpc) is 3.68. The third-order valence-electron chi connectivity index (χ3n) is 9.34. The maximum Gasteiger partial charge on any atom is 0.297 e. The molecule has 4 heterocycles. The molecule has 1 aromatic carbocycles. The minimum atomic E-state index is -3.52. The fourth-order valence-corrected chi connectivity index (χ4v) is 7.05. The second-order valence-electron chi connectivity index (χ2n) is 13.5. The van der Waals surface area contributed by atoms with Crippen LogP contribution in [0, 0.1) is 29.4 Å². The molecule has 9 nitrogen and oxygen atoms in total. The standard InChI is InChI=1S/C36H29F8N7O2/c1-35(2,53)10-9-20-5-6-21(22-4-3-11-50-33(22)47-48-34(50)32(41)42)28(45-20)25(14-17-12-18(37)15-19(38)13-17)46-26(52)16-51-30-27(29(49-51)31(39)40)23-7-8-24(23)36(30,43)44/h3-6,11-13,15,23-25,31-32,53H,7-8,14,16H2,1-2H3,(H,46,52)/t23-,24+,25-/m0/s1. The van der Waals surface area contributed by atoms with Crippen LogP contribution in [-0.2, 0) is 23.7 Å². The summed E-state index contributed by atoms with van der Waals surface area (Å²) in [6.45, 7) is 1.91. The van der Waals surface area contributed by atoms with Gasteiger partial charge < -0.3 is 10.4 Å². The van der Waals surface area contributed by atoms with Gasteiger partial charge in [-0.3, -0.25) is 13.9 Å². The number of rotatable bonds is 9. The summed E-state index contributed by atoms with van der Waals surface area (Å²) < 4.78 is 117. The maximum atomic E-state index is 15.5. The summed E-state index contributed by atoms with van der Waals surface area (Å²) in [5.74, 6) is -3.76. The minimum Gasteiger partial charge on any atom is -0.378 e. The first-order valence-corrected chi connectivity index (χ1v) is 16.4. The molecule has 4 aromatic heterocycles. The van der Waals surface area contributed by atoms with E-state index in [1.165, 1.54) is 44.3 Å². The van der Waals surface area contributed by atoms with Crippen LogP contribution in [0.15, 0.2) is 48.7 Å². The van der Waals surface area contributed by atoms with Gasteiger partial charge in [-0.1, -0.05) is 5.92 Å². The van der Waals surface area contributed by atoms with Crippen molar-refractivity contribution in [3.8, 4) is 23.0 Å². The van der Waals surface area contributed by atoms with E-state index in [0.717, 1.165) is 16.5 Å². The number of benzene rings is 1. The molecule has 0 bridgehead atoms. The number of fused-ring (bicyclic) bond motifs is 4. The number of hydrogen-bond donors (Lipinski definition) is 2. The number of pyridine rings is 2. The van der Waals surface area contributed by atoms with Gasteiger partial charge in [0.2, 0.25) is 11.7 Å². The first-order chi connectivity index (χ1) is 25.0. The average molecular weight is 744 g/mol. The van der Waals surface area contributed by atoms with E-state index in [1.807, 2.05) is 0 Å². The second-order valence-corrected chi connectivity index (χ2v) is 13.5. The van der Waals surface area contributed by atoms with Crippen molar-refractivity contribution < 1.29 is 45.0 Å². The summed E-state index contributed by atoms with van der Waals surface area (Å²) in [5.41, 5.74) is -2.90. The Morgan fingerprint density at radius 3 is 2.40 bits per heavy atom. The molecule has 1 fully saturated rings. The highest BCUT2D eigenvalue weighted by molar-refractivity contribution is 5.81. The minimum absolute atomic E-state index is 0.0253. The molecule has 2 aliphatic carbocycles. The number of amides is 1. The molecule has 7 rings (SSSR count). The van der Waals surface area contributed by atoms with Crippen molar-refractivity contribution in [1.29, 1.82) is 0 Å². The van der Waals surface area contributed by atoms with Gasteiger partial charge in [0.25, 0.3) is 18.8 Å². The molecular formula is C36H29F8N7O2. The zero-order valence-corrected chi connectivity index (χ0v) is 27.9. The third kappa shape index (κ3) is 6.71. The number of carbonyl (C=O) groups excluding carboxylic acids is 1. The highest BCUT2D eigenvalue weighted by Crippen LogP contribution is 2.63. The van der Waals surface area contributed by atoms with Crippen LogP contribution < -0.4 is 5.32 Å². The third-order valence-corrected chi connectivity index (χ3v) is 9.34. The number of aliphatic hydroxyl groups is 1. The largest absolute Gasteiger partial charge is 0.378 e. The normalized spacial score (nSPS) is 18.1. The molecule has 0 spiro atoms. The lowest BCUT2D eigenvalue weighted by Gasteiger charge is -2.34. The van der Waals surface area contributed by atoms with Crippen LogP contribution >= 0.6 is 0 Å². The number of hydrogen-bond acceptors (Lipinski definition) is 6. The Bertz CT molecular complexity index is 2280. The number of halogens is 8. The van der Waals surface area contributed by atoms with E-state index in [4.69, 9.17) is 0 Å². The molecule has 1 saturated carbocycles. The van der Waals surface area contributed by atoms with Crippen LogP contribution in [0.1, 0.15) is 91.2 Å². The van der Waals surface area contributed by atoms with E-state index in [2.05, 4.69) is 37.4 Å². The topological polar surface area (TPSA) is 110 Å². The number of alkyl halides is 6. The monoisotopic (exact) mass is 743 g/mol. The van der Waals surface area contributed by atoms with Gasteiger partial charge in [0.05, 0.1) is 11.7 Å². The number of nitrogens with zero attached hydrogens (tertiary/aromatic N) is 6. The lowest BCUT2D eigenvalue weighted by atomic mass is 9.73. The first kappa shape index (κ1) is 36.0. The van der Waals surface area contributed by atoms with E-state index >= 15 is 8.78 Å². The molecule has 0 radical (unpaired) electrons. The van der Waals surface area contributed by atoms with Crippen molar-refractivity contribution in [3.05, 3.63) is 100 Å². The predicted octanol–water partition coefficient (Wildman–Crippen LogP) is 6.96. The highest BCUT2D eigenvalue weighted by Gasteiger charge is 2.62. The van der Waals surface area contributed by atoms with Gasteiger partial charge in [0.15, 0.2) is 5.65 Å². The van der Waals surface area contributed by atoms with Gasteiger partial charge in [0, 0.05) is 34.9 Å². The van der Waals surface area contributed by atoms with E-state index in [0.29, 0.717) is 10.7 Å². The number of carbonyl (C=O) groups is 1. The number of aromatic nitrogens is 6. The van der Waals surface area contributed by atoms with Crippen LogP contribution in [-0.4, -0.2) is 46.0 Å². The van der Waals surface area contributed by atoms with Crippen molar-refractivity contribution in [3.63, 3.8) is 0 Å². The molecule has 1 amide bonds. The van der Waals surface area contributed by atoms with Crippen molar-refractivity contribution in [2.75, 3.05) is 0 Å². The van der Waals surface area contributed by atoms with Crippen LogP contribution in [0.3, 0.4) is 0 Å². The summed E-state index contributed by atoms with van der Waals surface area (Å²) >= 11 is 0. The van der Waals surface area contributed by atoms with Crippen molar-refractivity contribution in [1.82, 2.24) is 34.7 Å². The summed E-state index contributed by atoms with van der Waals surface area (Å²) in [4.78, 5) is 18.4. The Kier molecular flexibility index (Phi) is 9.00. The lowest BCUT2D eigenvalue weighted by molar-refractivity contribution is -0.123. The van der Waals surface area contributed by atoms with Gasteiger partial charge in [-0.25, -0.2) is 31.3 Å². The summed E-state index contributed by atoms with van der Waals surface area (Å²) in [5, 5.41) is 24.1. The van der Waals surface area contributed by atoms with Gasteiger partial charge in [-0.05, 0) is 86.9 Å². The van der Waals surface area contributed by atoms with Crippen LogP contribution in [0.5, 0.6) is 0 Å². The van der Waals surface area contributed by atoms with Crippen molar-refractivity contribution >= 4 is 11.6 Å². The predicted molar refractivity (Wildman–Crippen MR) is 172 cm³/mol. The first-order valence-electron chi connectivity index (χ1n) is 16.4. The molecule has 0 saturated heterocycles. The SMILES string of the molecule is CC(C)(O)C#Cc1ccc(-c2cccn3c(C(F)F)nnc23)c([C@H](Cc2cc(F)cc(F)c2)NC(=O)Cn2nc(C(F)F)c3c2C(F)(F)[C@@H]2CC[C@H]32)n1. The molecule has 2 N–H and O–H groups in total. The van der Waals surface area contributed by atoms with E-state index in [-0.39, 0.29) is 58.6 Å².